The van der Waals surface area contributed by atoms with E-state index in [0.717, 1.165) is 11.6 Å². The molecule has 1 atom stereocenters. The van der Waals surface area contributed by atoms with Gasteiger partial charge in [0.05, 0.1) is 10.5 Å². The summed E-state index contributed by atoms with van der Waals surface area (Å²) in [6.07, 6.45) is 0. The van der Waals surface area contributed by atoms with E-state index in [2.05, 4.69) is 5.32 Å². The molecular weight excluding hydrogens is 304 g/mol. The first-order valence-electron chi connectivity index (χ1n) is 6.50. The van der Waals surface area contributed by atoms with E-state index < -0.39 is 16.0 Å². The number of nitrogens with one attached hydrogen (secondary N) is 1. The highest BCUT2D eigenvalue weighted by Crippen LogP contribution is 2.24. The van der Waals surface area contributed by atoms with Gasteiger partial charge in [-0.3, -0.25) is 0 Å². The third-order valence-electron chi connectivity index (χ3n) is 3.22. The number of hydrogen-bond donors (Lipinski definition) is 3. The number of benzene rings is 2. The Morgan fingerprint density at radius 3 is 2.36 bits per heavy atom. The molecule has 4 N–H and O–H groups in total. The summed E-state index contributed by atoms with van der Waals surface area (Å²) < 4.78 is 22.7. The molecule has 0 aliphatic heterocycles. The van der Waals surface area contributed by atoms with Crippen LogP contribution in [0.2, 0.25) is 0 Å². The van der Waals surface area contributed by atoms with Crippen molar-refractivity contribution >= 4 is 21.7 Å². The van der Waals surface area contributed by atoms with E-state index in [1.165, 1.54) is 12.1 Å². The molecule has 7 heteroatoms. The normalized spacial score (nSPS) is 12.6. The van der Waals surface area contributed by atoms with Gasteiger partial charge in [0.1, 0.15) is 0 Å². The number of anilines is 1. The van der Waals surface area contributed by atoms with Crippen LogP contribution >= 0.6 is 0 Å². The largest absolute Gasteiger partial charge is 0.478 e. The summed E-state index contributed by atoms with van der Waals surface area (Å²) in [6, 6.07) is 13.1. The average Bonchev–Trinajstić information content (AvgIpc) is 2.47. The lowest BCUT2D eigenvalue weighted by atomic mass is 10.1. The molecule has 0 fully saturated rings. The number of hydrogen-bond acceptors (Lipinski definition) is 4. The molecule has 0 radical (unpaired) electrons. The topological polar surface area (TPSA) is 109 Å². The van der Waals surface area contributed by atoms with Crippen molar-refractivity contribution in [2.45, 2.75) is 17.9 Å². The van der Waals surface area contributed by atoms with Gasteiger partial charge < -0.3 is 10.4 Å². The summed E-state index contributed by atoms with van der Waals surface area (Å²) in [5, 5.41) is 17.4. The van der Waals surface area contributed by atoms with Crippen LogP contribution in [0.5, 0.6) is 0 Å². The van der Waals surface area contributed by atoms with Gasteiger partial charge in [-0.15, -0.1) is 0 Å². The van der Waals surface area contributed by atoms with Crippen LogP contribution in [-0.2, 0) is 10.0 Å². The molecule has 0 aromatic heterocycles. The smallest absolute Gasteiger partial charge is 0.337 e. The van der Waals surface area contributed by atoms with E-state index in [4.69, 9.17) is 5.14 Å². The lowest BCUT2D eigenvalue weighted by molar-refractivity contribution is 0.0697. The number of carboxylic acids is 1. The Bertz CT molecular complexity index is 788. The molecule has 0 unspecified atom stereocenters. The SMILES string of the molecule is C[C@H](Nc1ccc(S(N)(=O)=O)cc1C(=O)O)c1ccccc1. The number of primary sulfonamides is 1. The fraction of sp³-hybridized carbons (Fsp3) is 0.133. The van der Waals surface area contributed by atoms with Gasteiger partial charge in [-0.05, 0) is 30.7 Å². The summed E-state index contributed by atoms with van der Waals surface area (Å²) in [5.74, 6) is -1.23. The Kier molecular flexibility index (Phi) is 4.48. The zero-order valence-corrected chi connectivity index (χ0v) is 12.7. The van der Waals surface area contributed by atoms with Crippen molar-refractivity contribution in [3.8, 4) is 0 Å². The summed E-state index contributed by atoms with van der Waals surface area (Å²) in [5.41, 5.74) is 1.17. The Morgan fingerprint density at radius 2 is 1.82 bits per heavy atom. The first-order valence-corrected chi connectivity index (χ1v) is 8.05. The zero-order valence-electron chi connectivity index (χ0n) is 11.9. The summed E-state index contributed by atoms with van der Waals surface area (Å²) in [7, 11) is -3.95. The van der Waals surface area contributed by atoms with Gasteiger partial charge in [-0.25, -0.2) is 18.4 Å². The molecule has 0 saturated carbocycles. The summed E-state index contributed by atoms with van der Waals surface area (Å²) in [4.78, 5) is 11.1. The standard InChI is InChI=1S/C15H16N2O4S/c1-10(11-5-3-2-4-6-11)17-14-8-7-12(22(16,20)21)9-13(14)15(18)19/h2-10,17H,1H3,(H,18,19)(H2,16,20,21)/t10-/m0/s1. The van der Waals surface area contributed by atoms with Gasteiger partial charge in [0.2, 0.25) is 10.0 Å². The molecule has 2 rings (SSSR count). The lowest BCUT2D eigenvalue weighted by Gasteiger charge is -2.17. The fourth-order valence-corrected chi connectivity index (χ4v) is 2.60. The second kappa shape index (κ2) is 6.17. The minimum absolute atomic E-state index is 0.139. The van der Waals surface area contributed by atoms with Gasteiger partial charge in [-0.2, -0.15) is 0 Å². The Labute approximate surface area is 128 Å². The number of carboxylic acid groups (broad SMARTS) is 1. The molecule has 2 aromatic rings. The second-order valence-corrected chi connectivity index (χ2v) is 6.40. The molecule has 0 aliphatic rings. The summed E-state index contributed by atoms with van der Waals surface area (Å²) in [6.45, 7) is 1.88. The number of carbonyl (C=O) groups is 1. The molecule has 0 amide bonds. The van der Waals surface area contributed by atoms with Gasteiger partial charge in [0, 0.05) is 11.7 Å². The number of aromatic carboxylic acids is 1. The third-order valence-corrected chi connectivity index (χ3v) is 4.13. The molecule has 0 spiro atoms. The highest BCUT2D eigenvalue weighted by atomic mass is 32.2. The third kappa shape index (κ3) is 3.63. The van der Waals surface area contributed by atoms with Gasteiger partial charge in [0.25, 0.3) is 0 Å². The minimum Gasteiger partial charge on any atom is -0.478 e. The predicted octanol–water partition coefficient (Wildman–Crippen LogP) is 2.21. The maximum atomic E-state index is 11.3. The fourth-order valence-electron chi connectivity index (χ4n) is 2.06. The lowest BCUT2D eigenvalue weighted by Crippen LogP contribution is -2.15. The van der Waals surface area contributed by atoms with Crippen molar-refractivity contribution in [1.29, 1.82) is 0 Å². The van der Waals surface area contributed by atoms with E-state index in [-0.39, 0.29) is 16.5 Å². The maximum absolute atomic E-state index is 11.3. The van der Waals surface area contributed by atoms with Crippen molar-refractivity contribution < 1.29 is 18.3 Å². The van der Waals surface area contributed by atoms with Crippen molar-refractivity contribution in [2.75, 3.05) is 5.32 Å². The van der Waals surface area contributed by atoms with Crippen LogP contribution in [0.3, 0.4) is 0 Å². The maximum Gasteiger partial charge on any atom is 0.337 e. The molecule has 0 saturated heterocycles. The molecule has 2 aromatic carbocycles. The number of rotatable bonds is 5. The van der Waals surface area contributed by atoms with E-state index >= 15 is 0 Å². The van der Waals surface area contributed by atoms with E-state index in [1.807, 2.05) is 37.3 Å². The Morgan fingerprint density at radius 1 is 1.18 bits per heavy atom. The van der Waals surface area contributed by atoms with Crippen molar-refractivity contribution in [2.24, 2.45) is 5.14 Å². The molecule has 6 nitrogen and oxygen atoms in total. The monoisotopic (exact) mass is 320 g/mol. The van der Waals surface area contributed by atoms with E-state index in [9.17, 15) is 18.3 Å². The highest BCUT2D eigenvalue weighted by molar-refractivity contribution is 7.89. The molecule has 0 aliphatic carbocycles. The molecule has 0 bridgehead atoms. The average molecular weight is 320 g/mol. The Hall–Kier alpha value is -2.38. The van der Waals surface area contributed by atoms with Crippen molar-refractivity contribution in [1.82, 2.24) is 0 Å². The van der Waals surface area contributed by atoms with Crippen LogP contribution < -0.4 is 10.5 Å². The van der Waals surface area contributed by atoms with E-state index in [0.29, 0.717) is 5.69 Å². The number of sulfonamides is 1. The van der Waals surface area contributed by atoms with Crippen LogP contribution in [-0.4, -0.2) is 19.5 Å². The second-order valence-electron chi connectivity index (χ2n) is 4.83. The van der Waals surface area contributed by atoms with Crippen LogP contribution in [0.4, 0.5) is 5.69 Å². The minimum atomic E-state index is -3.95. The van der Waals surface area contributed by atoms with Gasteiger partial charge >= 0.3 is 5.97 Å². The molecule has 116 valence electrons. The molecular formula is C15H16N2O4S. The Balaban J connectivity index is 2.37. The van der Waals surface area contributed by atoms with Crippen molar-refractivity contribution in [3.63, 3.8) is 0 Å². The highest BCUT2D eigenvalue weighted by Gasteiger charge is 2.17. The van der Waals surface area contributed by atoms with Crippen LogP contribution in [0, 0.1) is 0 Å². The van der Waals surface area contributed by atoms with Crippen molar-refractivity contribution in [3.05, 3.63) is 59.7 Å². The first-order chi connectivity index (χ1) is 10.3. The quantitative estimate of drug-likeness (QED) is 0.782. The van der Waals surface area contributed by atoms with E-state index in [1.54, 1.807) is 0 Å². The van der Waals surface area contributed by atoms with Crippen LogP contribution in [0.15, 0.2) is 53.4 Å². The zero-order chi connectivity index (χ0) is 16.3. The number of nitrogens with two attached hydrogens (primary N) is 1. The van der Waals surface area contributed by atoms with Crippen LogP contribution in [0.25, 0.3) is 0 Å². The first kappa shape index (κ1) is 16.0. The summed E-state index contributed by atoms with van der Waals surface area (Å²) >= 11 is 0. The molecule has 0 heterocycles. The molecule has 22 heavy (non-hydrogen) atoms. The van der Waals surface area contributed by atoms with Gasteiger partial charge in [-0.1, -0.05) is 30.3 Å². The van der Waals surface area contributed by atoms with Gasteiger partial charge in [0.15, 0.2) is 0 Å². The van der Waals surface area contributed by atoms with Crippen LogP contribution in [0.1, 0.15) is 28.9 Å². The predicted molar refractivity (Wildman–Crippen MR) is 83.3 cm³/mol.